The molecule has 5 nitrogen and oxygen atoms in total. The van der Waals surface area contributed by atoms with Gasteiger partial charge in [0, 0.05) is 11.5 Å². The van der Waals surface area contributed by atoms with Crippen molar-refractivity contribution in [3.8, 4) is 0 Å². The summed E-state index contributed by atoms with van der Waals surface area (Å²) >= 11 is 0. The summed E-state index contributed by atoms with van der Waals surface area (Å²) in [6, 6.07) is 2.19. The minimum atomic E-state index is -4.02. The standard InChI is InChI=1S/C7H6FN3O2S/c8-5-2-6-4(3-10-11-6)1-7(5)14(9,12)13/h1-3H,(H,10,11)(H2,9,12,13). The molecule has 74 valence electrons. The smallest absolute Gasteiger partial charge is 0.240 e. The lowest BCUT2D eigenvalue weighted by Crippen LogP contribution is -2.13. The molecule has 0 atom stereocenters. The van der Waals surface area contributed by atoms with Gasteiger partial charge in [0.2, 0.25) is 10.0 Å². The average Bonchev–Trinajstić information content (AvgIpc) is 2.47. The van der Waals surface area contributed by atoms with Crippen LogP contribution in [0, 0.1) is 5.82 Å². The van der Waals surface area contributed by atoms with Gasteiger partial charge in [-0.2, -0.15) is 5.10 Å². The van der Waals surface area contributed by atoms with Crippen LogP contribution in [0.4, 0.5) is 4.39 Å². The van der Waals surface area contributed by atoms with Gasteiger partial charge in [-0.25, -0.2) is 17.9 Å². The van der Waals surface area contributed by atoms with E-state index in [0.717, 1.165) is 12.1 Å². The lowest BCUT2D eigenvalue weighted by atomic mass is 10.2. The fourth-order valence-electron chi connectivity index (χ4n) is 1.16. The maximum absolute atomic E-state index is 13.2. The van der Waals surface area contributed by atoms with Gasteiger partial charge in [-0.1, -0.05) is 0 Å². The number of hydrogen-bond acceptors (Lipinski definition) is 3. The van der Waals surface area contributed by atoms with Gasteiger partial charge in [0.1, 0.15) is 10.7 Å². The molecule has 0 saturated heterocycles. The third kappa shape index (κ3) is 1.36. The summed E-state index contributed by atoms with van der Waals surface area (Å²) in [6.45, 7) is 0. The highest BCUT2D eigenvalue weighted by molar-refractivity contribution is 7.89. The molecule has 3 N–H and O–H groups in total. The van der Waals surface area contributed by atoms with Crippen molar-refractivity contribution in [2.75, 3.05) is 0 Å². The number of aromatic amines is 1. The lowest BCUT2D eigenvalue weighted by molar-refractivity contribution is 0.569. The first-order valence-corrected chi connectivity index (χ1v) is 5.18. The van der Waals surface area contributed by atoms with Crippen molar-refractivity contribution in [1.29, 1.82) is 0 Å². The van der Waals surface area contributed by atoms with Crippen LogP contribution in [0.3, 0.4) is 0 Å². The third-order valence-corrected chi connectivity index (χ3v) is 2.73. The Kier molecular flexibility index (Phi) is 1.79. The fraction of sp³-hybridized carbons (Fsp3) is 0. The molecule has 0 saturated carbocycles. The van der Waals surface area contributed by atoms with Crippen LogP contribution in [-0.2, 0) is 10.0 Å². The Morgan fingerprint density at radius 2 is 2.14 bits per heavy atom. The van der Waals surface area contributed by atoms with Crippen molar-refractivity contribution < 1.29 is 12.8 Å². The van der Waals surface area contributed by atoms with E-state index in [9.17, 15) is 12.8 Å². The van der Waals surface area contributed by atoms with Crippen molar-refractivity contribution in [3.63, 3.8) is 0 Å². The minimum absolute atomic E-state index is 0.426. The van der Waals surface area contributed by atoms with E-state index in [1.165, 1.54) is 6.20 Å². The molecule has 0 aliphatic carbocycles. The molecule has 0 bridgehead atoms. The molecule has 1 aromatic carbocycles. The lowest BCUT2D eigenvalue weighted by Gasteiger charge is -1.99. The second-order valence-corrected chi connectivity index (χ2v) is 4.31. The molecule has 0 aliphatic heterocycles. The van der Waals surface area contributed by atoms with Gasteiger partial charge in [-0.05, 0) is 6.07 Å². The molecule has 14 heavy (non-hydrogen) atoms. The second kappa shape index (κ2) is 2.76. The van der Waals surface area contributed by atoms with Crippen LogP contribution in [0.25, 0.3) is 10.9 Å². The number of rotatable bonds is 1. The number of H-pyrrole nitrogens is 1. The SMILES string of the molecule is NS(=O)(=O)c1cc2cn[nH]c2cc1F. The first-order chi connectivity index (χ1) is 6.48. The first-order valence-electron chi connectivity index (χ1n) is 3.64. The minimum Gasteiger partial charge on any atom is -0.278 e. The first kappa shape index (κ1) is 9.10. The van der Waals surface area contributed by atoms with Crippen molar-refractivity contribution in [3.05, 3.63) is 24.1 Å². The summed E-state index contributed by atoms with van der Waals surface area (Å²) in [4.78, 5) is -0.522. The molecule has 1 heterocycles. The number of sulfonamides is 1. The maximum atomic E-state index is 13.2. The van der Waals surface area contributed by atoms with Crippen LogP contribution < -0.4 is 5.14 Å². The molecule has 1 aromatic heterocycles. The van der Waals surface area contributed by atoms with Crippen molar-refractivity contribution >= 4 is 20.9 Å². The normalized spacial score (nSPS) is 12.1. The van der Waals surface area contributed by atoms with Crippen LogP contribution in [0.15, 0.2) is 23.2 Å². The third-order valence-electron chi connectivity index (χ3n) is 1.80. The molecule has 7 heteroatoms. The van der Waals surface area contributed by atoms with Crippen LogP contribution >= 0.6 is 0 Å². The maximum Gasteiger partial charge on any atom is 0.240 e. The summed E-state index contributed by atoms with van der Waals surface area (Å²) in [7, 11) is -4.02. The number of aromatic nitrogens is 2. The molecular formula is C7H6FN3O2S. The summed E-state index contributed by atoms with van der Waals surface area (Å²) in [5.74, 6) is -0.885. The monoisotopic (exact) mass is 215 g/mol. The van der Waals surface area contributed by atoms with Crippen molar-refractivity contribution in [2.45, 2.75) is 4.90 Å². The Morgan fingerprint density at radius 1 is 1.43 bits per heavy atom. The average molecular weight is 215 g/mol. The number of primary sulfonamides is 1. The van der Waals surface area contributed by atoms with E-state index in [2.05, 4.69) is 10.2 Å². The predicted molar refractivity (Wildman–Crippen MR) is 47.4 cm³/mol. The van der Waals surface area contributed by atoms with E-state index >= 15 is 0 Å². The van der Waals surface area contributed by atoms with Gasteiger partial charge in [-0.15, -0.1) is 0 Å². The highest BCUT2D eigenvalue weighted by Gasteiger charge is 2.15. The number of fused-ring (bicyclic) bond motifs is 1. The molecule has 0 fully saturated rings. The fourth-order valence-corrected chi connectivity index (χ4v) is 1.78. The number of nitrogens with zero attached hydrogens (tertiary/aromatic N) is 1. The summed E-state index contributed by atoms with van der Waals surface area (Å²) < 4.78 is 35.0. The number of nitrogens with two attached hydrogens (primary N) is 1. The zero-order valence-electron chi connectivity index (χ0n) is 6.86. The van der Waals surface area contributed by atoms with E-state index in [4.69, 9.17) is 5.14 Å². The highest BCUT2D eigenvalue weighted by atomic mass is 32.2. The molecular weight excluding hydrogens is 209 g/mol. The van der Waals surface area contributed by atoms with Crippen LogP contribution in [0.2, 0.25) is 0 Å². The summed E-state index contributed by atoms with van der Waals surface area (Å²) in [5, 5.41) is 11.5. The van der Waals surface area contributed by atoms with Gasteiger partial charge in [0.05, 0.1) is 11.7 Å². The van der Waals surface area contributed by atoms with Crippen LogP contribution in [-0.4, -0.2) is 18.6 Å². The molecule has 0 aliphatic rings. The molecule has 0 unspecified atom stereocenters. The van der Waals surface area contributed by atoms with Crippen LogP contribution in [0.1, 0.15) is 0 Å². The number of nitrogens with one attached hydrogen (secondary N) is 1. The molecule has 2 rings (SSSR count). The van der Waals surface area contributed by atoms with Gasteiger partial charge in [0.25, 0.3) is 0 Å². The second-order valence-electron chi connectivity index (χ2n) is 2.78. The Morgan fingerprint density at radius 3 is 2.79 bits per heavy atom. The summed E-state index contributed by atoms with van der Waals surface area (Å²) in [5.41, 5.74) is 0.426. The molecule has 0 spiro atoms. The number of halogens is 1. The van der Waals surface area contributed by atoms with Gasteiger partial charge < -0.3 is 0 Å². The summed E-state index contributed by atoms with van der Waals surface area (Å²) in [6.07, 6.45) is 1.39. The molecule has 0 amide bonds. The zero-order valence-corrected chi connectivity index (χ0v) is 7.68. The Balaban J connectivity index is 2.84. The quantitative estimate of drug-likeness (QED) is 0.719. The van der Waals surface area contributed by atoms with E-state index in [1.807, 2.05) is 0 Å². The van der Waals surface area contributed by atoms with Gasteiger partial charge in [0.15, 0.2) is 0 Å². The van der Waals surface area contributed by atoms with Gasteiger partial charge in [-0.3, -0.25) is 5.10 Å². The Labute approximate surface area is 78.8 Å². The number of hydrogen-bond donors (Lipinski definition) is 2. The largest absolute Gasteiger partial charge is 0.278 e. The van der Waals surface area contributed by atoms with Crippen LogP contribution in [0.5, 0.6) is 0 Å². The van der Waals surface area contributed by atoms with E-state index in [-0.39, 0.29) is 0 Å². The Hall–Kier alpha value is -1.47. The van der Waals surface area contributed by atoms with Gasteiger partial charge >= 0.3 is 0 Å². The Bertz CT molecular complexity index is 590. The molecule has 0 radical (unpaired) electrons. The highest BCUT2D eigenvalue weighted by Crippen LogP contribution is 2.19. The van der Waals surface area contributed by atoms with E-state index in [0.29, 0.717) is 10.9 Å². The molecule has 2 aromatic rings. The number of benzene rings is 1. The zero-order chi connectivity index (χ0) is 10.3. The van der Waals surface area contributed by atoms with E-state index < -0.39 is 20.7 Å². The van der Waals surface area contributed by atoms with E-state index in [1.54, 1.807) is 0 Å². The van der Waals surface area contributed by atoms with Crippen molar-refractivity contribution in [1.82, 2.24) is 10.2 Å². The van der Waals surface area contributed by atoms with Crippen molar-refractivity contribution in [2.24, 2.45) is 5.14 Å². The topological polar surface area (TPSA) is 88.8 Å². The predicted octanol–water partition coefficient (Wildman–Crippen LogP) is 0.349.